The van der Waals surface area contributed by atoms with Crippen LogP contribution in [-0.4, -0.2) is 116 Å². The Labute approximate surface area is 437 Å². The fraction of sp³-hybridized carbons (Fsp3) is 0.482. The zero-order valence-electron chi connectivity index (χ0n) is 43.9. The van der Waals surface area contributed by atoms with Gasteiger partial charge in [0.15, 0.2) is 23.0 Å². The first-order chi connectivity index (χ1) is 35.9. The topological polar surface area (TPSA) is 247 Å². The molecule has 1 aliphatic rings. The molecule has 0 radical (unpaired) electrons. The Bertz CT molecular complexity index is 2770. The summed E-state index contributed by atoms with van der Waals surface area (Å²) in [4.78, 5) is 101. The summed E-state index contributed by atoms with van der Waals surface area (Å²) in [5.74, 6) is -0.769. The largest absolute Gasteiger partial charge is 0.516 e. The third-order valence-electron chi connectivity index (χ3n) is 13.7. The number of unbranched alkanes of at least 4 members (excludes halogenated alkanes) is 2. The minimum absolute atomic E-state index is 0.0218. The molecule has 5 aromatic rings. The van der Waals surface area contributed by atoms with Crippen LogP contribution in [0.2, 0.25) is 0 Å². The number of rotatable bonds is 28. The van der Waals surface area contributed by atoms with E-state index in [1.165, 1.54) is 6.92 Å². The maximum Gasteiger partial charge on any atom is 0.516 e. The van der Waals surface area contributed by atoms with Crippen LogP contribution in [0.3, 0.4) is 0 Å². The Morgan fingerprint density at radius 3 is 2.04 bits per heavy atom. The molecule has 4 N–H and O–H groups in total. The van der Waals surface area contributed by atoms with Crippen LogP contribution in [0.1, 0.15) is 104 Å². The van der Waals surface area contributed by atoms with Crippen LogP contribution in [0.25, 0.3) is 33.5 Å². The fourth-order valence-corrected chi connectivity index (χ4v) is 8.62. The summed E-state index contributed by atoms with van der Waals surface area (Å²) in [6, 6.07) is 22.6. The van der Waals surface area contributed by atoms with Crippen molar-refractivity contribution in [2.75, 3.05) is 51.3 Å². The first-order valence-electron chi connectivity index (χ1n) is 25.7. The maximum absolute atomic E-state index is 14.1. The molecule has 1 saturated heterocycles. The van der Waals surface area contributed by atoms with Crippen LogP contribution < -0.4 is 30.9 Å². The standard InChI is InChI=1S/C56H71N7O12/c1-37(64)42(22-12-14-29-58-46(66)26-28-48(68)75-54(70)72-36-38-17-8-7-9-18-38)62-56(4,5)55(2,3)51(69)43(57-6)23-13-15-30-59-45(65)25-27-47(67)73-40-20-16-19-39(35-40)52-60-49-41-21-10-11-24-44(41)74-50(49)53(61-52)63-31-33-71-34-32-63/h7-11,16-21,24,35,42-43,57,62H,12-15,22-23,25-34,36H2,1-6H3,(H,58,66)(H,59,65). The number of hydrogen-bond acceptors (Lipinski definition) is 17. The number of aromatic nitrogens is 2. The summed E-state index contributed by atoms with van der Waals surface area (Å²) < 4.78 is 27.0. The van der Waals surface area contributed by atoms with E-state index in [0.717, 1.165) is 10.9 Å². The van der Waals surface area contributed by atoms with E-state index in [0.29, 0.717) is 118 Å². The molecule has 0 aliphatic carbocycles. The van der Waals surface area contributed by atoms with E-state index in [2.05, 4.69) is 30.9 Å². The van der Waals surface area contributed by atoms with Gasteiger partial charge >= 0.3 is 18.1 Å². The SMILES string of the molecule is CNC(CCCCNC(=O)CCC(=O)Oc1cccc(-c2nc(N3CCOCC3)c3oc4ccccc4c3n2)c1)C(=O)C(C)(C)C(C)(C)NC(CCCCNC(=O)CCC(=O)OC(=O)OCc1ccccc1)C(C)=O. The molecule has 2 amide bonds. The number of carbonyl (C=O) groups excluding carboxylic acids is 7. The van der Waals surface area contributed by atoms with Gasteiger partial charge in [-0.2, -0.15) is 0 Å². The van der Waals surface area contributed by atoms with Gasteiger partial charge < -0.3 is 49.5 Å². The number of hydrogen-bond donors (Lipinski definition) is 4. The third kappa shape index (κ3) is 16.5. The maximum atomic E-state index is 14.1. The number of anilines is 1. The number of furan rings is 1. The van der Waals surface area contributed by atoms with Crippen LogP contribution >= 0.6 is 0 Å². The van der Waals surface area contributed by atoms with E-state index in [1.54, 1.807) is 49.5 Å². The number of likely N-dealkylation sites (N-methyl/N-ethyl adjacent to an activating group) is 1. The molecule has 402 valence electrons. The summed E-state index contributed by atoms with van der Waals surface area (Å²) in [6.45, 7) is 12.1. The molecule has 1 fully saturated rings. The Hall–Kier alpha value is -7.09. The smallest absolute Gasteiger partial charge is 0.450 e. The van der Waals surface area contributed by atoms with Crippen molar-refractivity contribution < 1.29 is 56.9 Å². The molecular weight excluding hydrogens is 963 g/mol. The normalized spacial score (nSPS) is 13.7. The Morgan fingerprint density at radius 1 is 0.733 bits per heavy atom. The molecule has 0 spiro atoms. The van der Waals surface area contributed by atoms with E-state index in [-0.39, 0.29) is 55.7 Å². The molecule has 2 atom stereocenters. The second kappa shape index (κ2) is 27.4. The van der Waals surface area contributed by atoms with Gasteiger partial charge in [0.1, 0.15) is 29.2 Å². The number of ether oxygens (including phenoxy) is 4. The minimum atomic E-state index is -1.13. The van der Waals surface area contributed by atoms with Gasteiger partial charge in [-0.3, -0.25) is 28.8 Å². The average molecular weight is 1030 g/mol. The zero-order chi connectivity index (χ0) is 54.0. The van der Waals surface area contributed by atoms with E-state index < -0.39 is 41.1 Å². The van der Waals surface area contributed by atoms with Crippen molar-refractivity contribution in [2.24, 2.45) is 5.41 Å². The van der Waals surface area contributed by atoms with Crippen molar-refractivity contribution >= 4 is 69.4 Å². The van der Waals surface area contributed by atoms with Gasteiger partial charge in [-0.15, -0.1) is 0 Å². The number of para-hydroxylation sites is 1. The van der Waals surface area contributed by atoms with Gasteiger partial charge in [-0.1, -0.05) is 68.4 Å². The van der Waals surface area contributed by atoms with Crippen molar-refractivity contribution in [2.45, 2.75) is 123 Å². The number of benzene rings is 3. The number of ketones is 2. The highest BCUT2D eigenvalue weighted by Crippen LogP contribution is 2.37. The van der Waals surface area contributed by atoms with Crippen molar-refractivity contribution in [3.8, 4) is 17.1 Å². The molecule has 1 aliphatic heterocycles. The molecule has 0 saturated carbocycles. The Morgan fingerprint density at radius 2 is 1.37 bits per heavy atom. The molecular formula is C56H71N7O12. The molecule has 19 nitrogen and oxygen atoms in total. The average Bonchev–Trinajstić information content (AvgIpc) is 3.78. The predicted octanol–water partition coefficient (Wildman–Crippen LogP) is 7.31. The number of amides is 2. The molecule has 0 bridgehead atoms. The molecule has 2 unspecified atom stereocenters. The monoisotopic (exact) mass is 1030 g/mol. The number of esters is 2. The van der Waals surface area contributed by atoms with Gasteiger partial charge in [-0.05, 0) is 96.2 Å². The lowest BCUT2D eigenvalue weighted by Crippen LogP contribution is -2.62. The lowest BCUT2D eigenvalue weighted by molar-refractivity contribution is -0.141. The van der Waals surface area contributed by atoms with E-state index in [1.807, 2.05) is 64.1 Å². The highest BCUT2D eigenvalue weighted by Gasteiger charge is 2.46. The second-order valence-corrected chi connectivity index (χ2v) is 19.7. The molecule has 19 heteroatoms. The van der Waals surface area contributed by atoms with Crippen LogP contribution in [-0.2, 0) is 49.6 Å². The van der Waals surface area contributed by atoms with Gasteiger partial charge in [0.2, 0.25) is 11.8 Å². The second-order valence-electron chi connectivity index (χ2n) is 19.7. The first-order valence-corrected chi connectivity index (χ1v) is 25.7. The van der Waals surface area contributed by atoms with E-state index in [9.17, 15) is 33.6 Å². The Balaban J connectivity index is 0.872. The van der Waals surface area contributed by atoms with Gasteiger partial charge in [-0.25, -0.2) is 14.8 Å². The van der Waals surface area contributed by atoms with Crippen LogP contribution in [0.15, 0.2) is 83.3 Å². The van der Waals surface area contributed by atoms with Crippen molar-refractivity contribution in [3.05, 3.63) is 84.4 Å². The quantitative estimate of drug-likeness (QED) is 0.0166. The highest BCUT2D eigenvalue weighted by atomic mass is 16.7. The lowest BCUT2D eigenvalue weighted by atomic mass is 9.68. The lowest BCUT2D eigenvalue weighted by Gasteiger charge is -2.44. The predicted molar refractivity (Wildman–Crippen MR) is 282 cm³/mol. The summed E-state index contributed by atoms with van der Waals surface area (Å²) in [6.07, 6.45) is 1.64. The molecule has 75 heavy (non-hydrogen) atoms. The molecule has 2 aromatic heterocycles. The number of fused-ring (bicyclic) bond motifs is 3. The van der Waals surface area contributed by atoms with Crippen molar-refractivity contribution in [3.63, 3.8) is 0 Å². The van der Waals surface area contributed by atoms with Crippen LogP contribution in [0, 0.1) is 5.41 Å². The van der Waals surface area contributed by atoms with Gasteiger partial charge in [0.25, 0.3) is 0 Å². The number of nitrogens with zero attached hydrogens (tertiary/aromatic N) is 3. The Kier molecular flexibility index (Phi) is 20.9. The fourth-order valence-electron chi connectivity index (χ4n) is 8.62. The number of carbonyl (C=O) groups is 7. The molecule has 3 aromatic carbocycles. The van der Waals surface area contributed by atoms with Crippen LogP contribution in [0.5, 0.6) is 5.75 Å². The summed E-state index contributed by atoms with van der Waals surface area (Å²) in [7, 11) is 1.74. The zero-order valence-corrected chi connectivity index (χ0v) is 43.9. The van der Waals surface area contributed by atoms with Gasteiger partial charge in [0, 0.05) is 60.9 Å². The molecule has 3 heterocycles. The number of nitrogens with one attached hydrogen (secondary N) is 4. The van der Waals surface area contributed by atoms with Crippen molar-refractivity contribution in [1.82, 2.24) is 31.2 Å². The summed E-state index contributed by atoms with van der Waals surface area (Å²) in [5, 5.41) is 13.1. The summed E-state index contributed by atoms with van der Waals surface area (Å²) in [5.41, 5.74) is 1.69. The van der Waals surface area contributed by atoms with Crippen molar-refractivity contribution in [1.29, 1.82) is 0 Å². The number of Topliss-reactive ketones (excluding diaryl/α,β-unsaturated/α-hetero) is 2. The van der Waals surface area contributed by atoms with E-state index in [4.69, 9.17) is 28.6 Å². The highest BCUT2D eigenvalue weighted by molar-refractivity contribution is 6.06. The third-order valence-corrected chi connectivity index (χ3v) is 13.7. The first kappa shape index (κ1) is 57.2. The van der Waals surface area contributed by atoms with Gasteiger partial charge in [0.05, 0.1) is 38.1 Å². The van der Waals surface area contributed by atoms with E-state index >= 15 is 0 Å². The minimum Gasteiger partial charge on any atom is -0.450 e. The summed E-state index contributed by atoms with van der Waals surface area (Å²) >= 11 is 0. The number of morpholine rings is 1. The molecule has 6 rings (SSSR count). The van der Waals surface area contributed by atoms with Crippen LogP contribution in [0.4, 0.5) is 10.6 Å².